The predicted octanol–water partition coefficient (Wildman–Crippen LogP) is 4.17. The van der Waals surface area contributed by atoms with Crippen molar-refractivity contribution in [2.24, 2.45) is 0 Å². The zero-order valence-corrected chi connectivity index (χ0v) is 34.6. The van der Waals surface area contributed by atoms with E-state index in [1.807, 2.05) is 18.7 Å². The number of sulfonamides is 2. The minimum atomic E-state index is -3.43. The molecule has 0 aliphatic carbocycles. The Hall–Kier alpha value is -2.36. The summed E-state index contributed by atoms with van der Waals surface area (Å²) in [6.07, 6.45) is 6.25. The second-order valence-corrected chi connectivity index (χ2v) is 19.7. The van der Waals surface area contributed by atoms with E-state index < -0.39 is 31.2 Å². The SMILES string of the molecule is CC(C)(O)c1cnc(Cl)nc1.C[C@H]1CN(S(=O)(=O)c2cccs2)CCN1.C[C@H]1CN(S(=O)(=O)c2cccs2)CCN1c1ncc(C(C)(C)O)cn1.Cl. The van der Waals surface area contributed by atoms with Crippen molar-refractivity contribution in [3.8, 4) is 0 Å². The summed E-state index contributed by atoms with van der Waals surface area (Å²) in [4.78, 5) is 18.2. The second-order valence-electron chi connectivity index (χ2n) is 13.1. The summed E-state index contributed by atoms with van der Waals surface area (Å²) in [6, 6.07) is 6.99. The van der Waals surface area contributed by atoms with E-state index in [9.17, 15) is 27.0 Å². The number of halogens is 2. The van der Waals surface area contributed by atoms with Crippen molar-refractivity contribution in [1.82, 2.24) is 33.9 Å². The van der Waals surface area contributed by atoms with E-state index in [1.54, 1.807) is 79.4 Å². The monoisotopic (exact) mass is 836 g/mol. The van der Waals surface area contributed by atoms with Gasteiger partial charge in [-0.15, -0.1) is 35.1 Å². The molecule has 6 heterocycles. The summed E-state index contributed by atoms with van der Waals surface area (Å²) in [7, 11) is -6.67. The highest BCUT2D eigenvalue weighted by atomic mass is 35.5. The zero-order valence-electron chi connectivity index (χ0n) is 29.7. The molecule has 0 saturated carbocycles. The van der Waals surface area contributed by atoms with Gasteiger partial charge in [0.25, 0.3) is 20.0 Å². The first-order chi connectivity index (χ1) is 23.8. The first kappa shape index (κ1) is 44.0. The van der Waals surface area contributed by atoms with Gasteiger partial charge in [-0.1, -0.05) is 12.1 Å². The molecule has 6 rings (SSSR count). The number of hydrogen-bond acceptors (Lipinski definition) is 14. The Kier molecular flexibility index (Phi) is 15.5. The number of thiophene rings is 2. The van der Waals surface area contributed by atoms with Crippen LogP contribution < -0.4 is 10.2 Å². The molecule has 14 nitrogen and oxygen atoms in total. The number of rotatable bonds is 7. The van der Waals surface area contributed by atoms with Crippen molar-refractivity contribution < 1.29 is 27.0 Å². The van der Waals surface area contributed by atoms with E-state index in [2.05, 4.69) is 25.3 Å². The lowest BCUT2D eigenvalue weighted by molar-refractivity contribution is 0.0772. The van der Waals surface area contributed by atoms with Crippen LogP contribution in [0, 0.1) is 0 Å². The third-order valence-electron chi connectivity index (χ3n) is 8.03. The Bertz CT molecular complexity index is 1890. The van der Waals surface area contributed by atoms with Crippen LogP contribution in [0.25, 0.3) is 0 Å². The lowest BCUT2D eigenvalue weighted by Crippen LogP contribution is -2.54. The Labute approximate surface area is 325 Å². The Balaban J connectivity index is 0.000000230. The van der Waals surface area contributed by atoms with Gasteiger partial charge in [0.1, 0.15) is 8.42 Å². The quantitative estimate of drug-likeness (QED) is 0.227. The molecular weight excluding hydrogens is 792 g/mol. The fraction of sp³-hybridized carbons (Fsp3) is 0.500. The van der Waals surface area contributed by atoms with Crippen molar-refractivity contribution in [2.45, 2.75) is 73.2 Å². The van der Waals surface area contributed by atoms with Crippen molar-refractivity contribution in [3.63, 3.8) is 0 Å². The molecule has 0 amide bonds. The lowest BCUT2D eigenvalue weighted by atomic mass is 10.0. The van der Waals surface area contributed by atoms with E-state index in [0.717, 1.165) is 6.54 Å². The average Bonchev–Trinajstić information content (AvgIpc) is 3.82. The number of aromatic nitrogens is 4. The molecule has 2 atom stereocenters. The molecule has 288 valence electrons. The number of nitrogens with zero attached hydrogens (tertiary/aromatic N) is 7. The number of aliphatic hydroxyl groups is 2. The van der Waals surface area contributed by atoms with Crippen LogP contribution in [0.4, 0.5) is 5.95 Å². The fourth-order valence-electron chi connectivity index (χ4n) is 5.04. The van der Waals surface area contributed by atoms with Crippen LogP contribution in [0.2, 0.25) is 5.28 Å². The number of piperazine rings is 2. The van der Waals surface area contributed by atoms with E-state index in [1.165, 1.54) is 39.4 Å². The molecule has 20 heteroatoms. The van der Waals surface area contributed by atoms with E-state index in [4.69, 9.17) is 11.6 Å². The Morgan fingerprint density at radius 1 is 0.769 bits per heavy atom. The average molecular weight is 838 g/mol. The fourth-order valence-corrected chi connectivity index (χ4v) is 10.5. The van der Waals surface area contributed by atoms with Crippen molar-refractivity contribution >= 4 is 72.7 Å². The summed E-state index contributed by atoms with van der Waals surface area (Å²) in [5.74, 6) is 0.550. The zero-order chi connectivity index (χ0) is 37.6. The predicted molar refractivity (Wildman–Crippen MR) is 207 cm³/mol. The molecule has 4 aromatic heterocycles. The van der Waals surface area contributed by atoms with Gasteiger partial charge in [-0.05, 0) is 76.0 Å². The van der Waals surface area contributed by atoms with Gasteiger partial charge < -0.3 is 20.4 Å². The largest absolute Gasteiger partial charge is 0.386 e. The lowest BCUT2D eigenvalue weighted by Gasteiger charge is -2.39. The highest BCUT2D eigenvalue weighted by molar-refractivity contribution is 7.91. The van der Waals surface area contributed by atoms with Gasteiger partial charge >= 0.3 is 0 Å². The molecule has 2 aliphatic rings. The Morgan fingerprint density at radius 3 is 1.63 bits per heavy atom. The summed E-state index contributed by atoms with van der Waals surface area (Å²) >= 11 is 7.97. The third-order valence-corrected chi connectivity index (χ3v) is 14.7. The van der Waals surface area contributed by atoms with Crippen LogP contribution >= 0.6 is 46.7 Å². The van der Waals surface area contributed by atoms with Crippen molar-refractivity contribution in [1.29, 1.82) is 0 Å². The minimum absolute atomic E-state index is 0. The van der Waals surface area contributed by atoms with Gasteiger partial charge in [-0.3, -0.25) is 0 Å². The van der Waals surface area contributed by atoms with Crippen LogP contribution in [0.5, 0.6) is 0 Å². The van der Waals surface area contributed by atoms with Gasteiger partial charge in [0.15, 0.2) is 0 Å². The normalized spacial score (nSPS) is 19.1. The summed E-state index contributed by atoms with van der Waals surface area (Å²) < 4.78 is 53.4. The molecule has 0 radical (unpaired) electrons. The number of nitrogens with one attached hydrogen (secondary N) is 1. The maximum Gasteiger partial charge on any atom is 0.252 e. The van der Waals surface area contributed by atoms with Gasteiger partial charge in [0, 0.05) is 87.3 Å². The minimum Gasteiger partial charge on any atom is -0.386 e. The summed E-state index contributed by atoms with van der Waals surface area (Å²) in [5.41, 5.74) is -0.591. The van der Waals surface area contributed by atoms with Crippen LogP contribution in [0.3, 0.4) is 0 Å². The Morgan fingerprint density at radius 2 is 1.23 bits per heavy atom. The van der Waals surface area contributed by atoms with Gasteiger partial charge in [0.2, 0.25) is 11.2 Å². The summed E-state index contributed by atoms with van der Waals surface area (Å²) in [6.45, 7) is 13.8. The van der Waals surface area contributed by atoms with Gasteiger partial charge in [-0.25, -0.2) is 36.8 Å². The highest BCUT2D eigenvalue weighted by Gasteiger charge is 2.34. The van der Waals surface area contributed by atoms with Gasteiger partial charge in [-0.2, -0.15) is 8.61 Å². The second kappa shape index (κ2) is 18.3. The van der Waals surface area contributed by atoms with Crippen LogP contribution in [-0.4, -0.2) is 107 Å². The van der Waals surface area contributed by atoms with Crippen molar-refractivity contribution in [3.05, 3.63) is 76.2 Å². The molecule has 0 spiro atoms. The summed E-state index contributed by atoms with van der Waals surface area (Å²) in [5, 5.41) is 26.4. The smallest absolute Gasteiger partial charge is 0.252 e. The van der Waals surface area contributed by atoms with E-state index in [0.29, 0.717) is 58.2 Å². The molecule has 0 bridgehead atoms. The molecular formula is C32H46Cl2N8O6S4. The maximum absolute atomic E-state index is 12.7. The van der Waals surface area contributed by atoms with E-state index in [-0.39, 0.29) is 29.8 Å². The van der Waals surface area contributed by atoms with Crippen molar-refractivity contribution in [2.75, 3.05) is 44.2 Å². The number of anilines is 1. The molecule has 0 aromatic carbocycles. The molecule has 52 heavy (non-hydrogen) atoms. The standard InChI is InChI=1S/C16H22N4O3S2.C9H14N2O2S2.C7H9ClN2O.ClH/c1-12-11-19(25(22,23)14-5-4-8-24-14)6-7-20(12)15-17-9-13(10-18-15)16(2,3)21;1-8-7-11(5-4-10-8)15(12,13)9-3-2-6-14-9;1-7(2,11)5-3-9-6(8)10-4-5;/h4-5,8-10,12,21H,6-7,11H2,1-3H3;2-3,6,8,10H,4-5,7H2,1H3;3-4,11H,1-2H3;1H/t12-;8-;;/m00../s1. The number of hydrogen-bond donors (Lipinski definition) is 3. The maximum atomic E-state index is 12.7. The topological polar surface area (TPSA) is 182 Å². The molecule has 4 aromatic rings. The third kappa shape index (κ3) is 11.6. The van der Waals surface area contributed by atoms with E-state index >= 15 is 0 Å². The molecule has 3 N–H and O–H groups in total. The molecule has 0 unspecified atom stereocenters. The molecule has 2 aliphatic heterocycles. The van der Waals surface area contributed by atoms with Crippen LogP contribution in [0.15, 0.2) is 68.2 Å². The van der Waals surface area contributed by atoms with Crippen LogP contribution in [0.1, 0.15) is 52.7 Å². The first-order valence-corrected chi connectivity index (χ1v) is 21.1. The van der Waals surface area contributed by atoms with Gasteiger partial charge in [0.05, 0.1) is 11.2 Å². The molecule has 2 fully saturated rings. The van der Waals surface area contributed by atoms with Crippen LogP contribution in [-0.2, 0) is 31.2 Å². The highest BCUT2D eigenvalue weighted by Crippen LogP contribution is 2.26. The first-order valence-electron chi connectivity index (χ1n) is 16.1. The molecule has 2 saturated heterocycles.